The Kier molecular flexibility index (Phi) is 5.93. The van der Waals surface area contributed by atoms with Crippen LogP contribution in [-0.4, -0.2) is 57.6 Å². The molecule has 3 aromatic rings. The first-order chi connectivity index (χ1) is 15.6. The number of aromatic amines is 1. The second-order valence-electron chi connectivity index (χ2n) is 8.81. The molecule has 32 heavy (non-hydrogen) atoms. The Labute approximate surface area is 185 Å². The maximum Gasteiger partial charge on any atom is 0.276 e. The SMILES string of the molecule is CC1CN(Cc2ccc(OCF)cc2)CC1c1nn2c(C3CCOCC3)ncc2c(=O)[nH]1. The standard InChI is InChI=1S/C23H28FN5O3/c1-15-11-28(12-16-2-4-18(5-3-16)32-14-24)13-19(15)21-26-23(30)20-10-25-22(29(20)27-21)17-6-8-31-9-7-17/h2-5,10,15,17,19H,6-9,11-14H2,1H3,(H,26,27,30). The van der Waals surface area contributed by atoms with E-state index in [0.29, 0.717) is 30.4 Å². The number of hydrogen-bond acceptors (Lipinski definition) is 6. The van der Waals surface area contributed by atoms with Gasteiger partial charge in [-0.3, -0.25) is 9.69 Å². The molecule has 2 aromatic heterocycles. The minimum Gasteiger partial charge on any atom is -0.463 e. The lowest BCUT2D eigenvalue weighted by Gasteiger charge is -2.21. The molecule has 5 rings (SSSR count). The molecule has 2 atom stereocenters. The Morgan fingerprint density at radius 1 is 1.22 bits per heavy atom. The third-order valence-electron chi connectivity index (χ3n) is 6.62. The molecule has 0 bridgehead atoms. The number of alkyl halides is 1. The van der Waals surface area contributed by atoms with Crippen molar-refractivity contribution in [1.82, 2.24) is 24.5 Å². The van der Waals surface area contributed by atoms with Crippen LogP contribution in [0.2, 0.25) is 0 Å². The summed E-state index contributed by atoms with van der Waals surface area (Å²) in [6.07, 6.45) is 3.42. The Morgan fingerprint density at radius 3 is 2.75 bits per heavy atom. The van der Waals surface area contributed by atoms with E-state index in [0.717, 1.165) is 49.7 Å². The predicted molar refractivity (Wildman–Crippen MR) is 117 cm³/mol. The molecule has 0 spiro atoms. The van der Waals surface area contributed by atoms with Crippen molar-refractivity contribution in [3.05, 3.63) is 58.0 Å². The number of ether oxygens (including phenoxy) is 2. The van der Waals surface area contributed by atoms with Crippen molar-refractivity contribution in [3.63, 3.8) is 0 Å². The van der Waals surface area contributed by atoms with Gasteiger partial charge in [-0.05, 0) is 36.5 Å². The van der Waals surface area contributed by atoms with Gasteiger partial charge in [0.25, 0.3) is 5.56 Å². The fraction of sp³-hybridized carbons (Fsp3) is 0.522. The molecule has 8 nitrogen and oxygen atoms in total. The lowest BCUT2D eigenvalue weighted by Crippen LogP contribution is -2.24. The molecular weight excluding hydrogens is 413 g/mol. The lowest BCUT2D eigenvalue weighted by molar-refractivity contribution is 0.0832. The Balaban J connectivity index is 1.35. The third kappa shape index (κ3) is 4.14. The Morgan fingerprint density at radius 2 is 2.00 bits per heavy atom. The van der Waals surface area contributed by atoms with Crippen LogP contribution in [0.15, 0.2) is 35.3 Å². The Bertz CT molecular complexity index is 1120. The van der Waals surface area contributed by atoms with Crippen LogP contribution in [0, 0.1) is 5.92 Å². The number of likely N-dealkylation sites (tertiary alicyclic amines) is 1. The molecule has 0 radical (unpaired) electrons. The quantitative estimate of drug-likeness (QED) is 0.633. The second kappa shape index (κ2) is 8.99. The molecule has 2 unspecified atom stereocenters. The van der Waals surface area contributed by atoms with E-state index >= 15 is 0 Å². The molecule has 4 heterocycles. The van der Waals surface area contributed by atoms with Crippen LogP contribution in [0.25, 0.3) is 5.52 Å². The summed E-state index contributed by atoms with van der Waals surface area (Å²) in [5.41, 5.74) is 1.49. The van der Waals surface area contributed by atoms with Crippen LogP contribution in [0.1, 0.15) is 48.8 Å². The highest BCUT2D eigenvalue weighted by molar-refractivity contribution is 5.42. The largest absolute Gasteiger partial charge is 0.463 e. The van der Waals surface area contributed by atoms with Crippen molar-refractivity contribution in [2.75, 3.05) is 33.2 Å². The monoisotopic (exact) mass is 441 g/mol. The molecule has 1 aromatic carbocycles. The van der Waals surface area contributed by atoms with Gasteiger partial charge < -0.3 is 14.5 Å². The van der Waals surface area contributed by atoms with E-state index in [-0.39, 0.29) is 17.4 Å². The highest BCUT2D eigenvalue weighted by Gasteiger charge is 2.33. The van der Waals surface area contributed by atoms with E-state index in [1.54, 1.807) is 22.8 Å². The average Bonchev–Trinajstić information content (AvgIpc) is 3.39. The summed E-state index contributed by atoms with van der Waals surface area (Å²) in [6.45, 7) is 5.29. The third-order valence-corrected chi connectivity index (χ3v) is 6.62. The topological polar surface area (TPSA) is 84.8 Å². The summed E-state index contributed by atoms with van der Waals surface area (Å²) < 4.78 is 24.4. The van der Waals surface area contributed by atoms with E-state index in [1.165, 1.54) is 0 Å². The number of imidazole rings is 1. The van der Waals surface area contributed by atoms with Crippen molar-refractivity contribution in [3.8, 4) is 5.75 Å². The van der Waals surface area contributed by atoms with Crippen LogP contribution in [0.3, 0.4) is 0 Å². The van der Waals surface area contributed by atoms with Gasteiger partial charge in [0.05, 0.1) is 6.20 Å². The van der Waals surface area contributed by atoms with E-state index in [1.807, 2.05) is 12.1 Å². The smallest absolute Gasteiger partial charge is 0.276 e. The molecule has 0 saturated carbocycles. The van der Waals surface area contributed by atoms with Crippen molar-refractivity contribution in [2.45, 2.75) is 38.1 Å². The Hall–Kier alpha value is -2.78. The number of aromatic nitrogens is 4. The van der Waals surface area contributed by atoms with E-state index in [2.05, 4.69) is 21.8 Å². The minimum atomic E-state index is -0.826. The molecule has 170 valence electrons. The number of rotatable bonds is 6. The lowest BCUT2D eigenvalue weighted by atomic mass is 9.97. The molecule has 0 aliphatic carbocycles. The van der Waals surface area contributed by atoms with E-state index < -0.39 is 6.86 Å². The molecule has 2 aliphatic heterocycles. The van der Waals surface area contributed by atoms with Crippen molar-refractivity contribution >= 4 is 5.52 Å². The first-order valence-electron chi connectivity index (χ1n) is 11.2. The predicted octanol–water partition coefficient (Wildman–Crippen LogP) is 2.85. The highest BCUT2D eigenvalue weighted by atomic mass is 19.1. The van der Waals surface area contributed by atoms with Gasteiger partial charge in [0, 0.05) is 44.7 Å². The van der Waals surface area contributed by atoms with Gasteiger partial charge in [0.2, 0.25) is 6.86 Å². The van der Waals surface area contributed by atoms with Gasteiger partial charge in [0.1, 0.15) is 17.4 Å². The first-order valence-corrected chi connectivity index (χ1v) is 11.2. The number of benzene rings is 1. The van der Waals surface area contributed by atoms with Crippen molar-refractivity contribution < 1.29 is 13.9 Å². The van der Waals surface area contributed by atoms with Crippen molar-refractivity contribution in [2.24, 2.45) is 5.92 Å². The zero-order valence-electron chi connectivity index (χ0n) is 18.2. The van der Waals surface area contributed by atoms with Crippen LogP contribution >= 0.6 is 0 Å². The molecule has 0 amide bonds. The van der Waals surface area contributed by atoms with E-state index in [9.17, 15) is 9.18 Å². The molecule has 2 aliphatic rings. The van der Waals surface area contributed by atoms with Gasteiger partial charge in [-0.15, -0.1) is 0 Å². The number of hydrogen-bond donors (Lipinski definition) is 1. The summed E-state index contributed by atoms with van der Waals surface area (Å²) >= 11 is 0. The molecule has 2 fully saturated rings. The number of nitrogens with zero attached hydrogens (tertiary/aromatic N) is 4. The zero-order valence-corrected chi connectivity index (χ0v) is 18.2. The summed E-state index contributed by atoms with van der Waals surface area (Å²) in [6, 6.07) is 7.49. The number of halogens is 1. The van der Waals surface area contributed by atoms with Crippen molar-refractivity contribution in [1.29, 1.82) is 0 Å². The molecule has 9 heteroatoms. The summed E-state index contributed by atoms with van der Waals surface area (Å²) in [7, 11) is 0. The minimum absolute atomic E-state index is 0.131. The van der Waals surface area contributed by atoms with Crippen LogP contribution < -0.4 is 10.3 Å². The van der Waals surface area contributed by atoms with Gasteiger partial charge in [0.15, 0.2) is 5.52 Å². The van der Waals surface area contributed by atoms with Gasteiger partial charge >= 0.3 is 0 Å². The average molecular weight is 442 g/mol. The summed E-state index contributed by atoms with van der Waals surface area (Å²) in [4.78, 5) is 22.7. The van der Waals surface area contributed by atoms with Crippen LogP contribution in [-0.2, 0) is 11.3 Å². The summed E-state index contributed by atoms with van der Waals surface area (Å²) in [5.74, 6) is 2.84. The van der Waals surface area contributed by atoms with E-state index in [4.69, 9.17) is 14.6 Å². The maximum atomic E-state index is 12.8. The second-order valence-corrected chi connectivity index (χ2v) is 8.81. The van der Waals surface area contributed by atoms with Gasteiger partial charge in [-0.1, -0.05) is 19.1 Å². The molecular formula is C23H28FN5O3. The number of H-pyrrole nitrogens is 1. The molecule has 1 N–H and O–H groups in total. The first kappa shape index (κ1) is 21.1. The number of nitrogens with one attached hydrogen (secondary N) is 1. The summed E-state index contributed by atoms with van der Waals surface area (Å²) in [5, 5.41) is 4.86. The fourth-order valence-electron chi connectivity index (χ4n) is 4.90. The maximum absolute atomic E-state index is 12.8. The highest BCUT2D eigenvalue weighted by Crippen LogP contribution is 2.32. The fourth-order valence-corrected chi connectivity index (χ4v) is 4.90. The number of fused-ring (bicyclic) bond motifs is 1. The molecule has 2 saturated heterocycles. The normalized spacial score (nSPS) is 22.6. The van der Waals surface area contributed by atoms with Crippen LogP contribution in [0.4, 0.5) is 4.39 Å². The van der Waals surface area contributed by atoms with Gasteiger partial charge in [-0.2, -0.15) is 5.10 Å². The van der Waals surface area contributed by atoms with Gasteiger partial charge in [-0.25, -0.2) is 13.9 Å². The zero-order chi connectivity index (χ0) is 22.1. The van der Waals surface area contributed by atoms with Crippen LogP contribution in [0.5, 0.6) is 5.75 Å².